The average Bonchev–Trinajstić information content (AvgIpc) is 3.01. The highest BCUT2D eigenvalue weighted by Crippen LogP contribution is 2.29. The van der Waals surface area contributed by atoms with Crippen LogP contribution in [0.3, 0.4) is 0 Å². The van der Waals surface area contributed by atoms with E-state index >= 15 is 0 Å². The van der Waals surface area contributed by atoms with E-state index in [0.717, 1.165) is 30.6 Å². The van der Waals surface area contributed by atoms with Gasteiger partial charge in [0.1, 0.15) is 0 Å². The smallest absolute Gasteiger partial charge is 0.223 e. The monoisotopic (exact) mass is 271 g/mol. The van der Waals surface area contributed by atoms with Crippen molar-refractivity contribution in [1.29, 1.82) is 0 Å². The molecule has 0 saturated heterocycles. The van der Waals surface area contributed by atoms with Crippen LogP contribution in [0.2, 0.25) is 0 Å². The van der Waals surface area contributed by atoms with Crippen molar-refractivity contribution in [2.24, 2.45) is 5.92 Å². The van der Waals surface area contributed by atoms with Crippen LogP contribution in [0, 0.1) is 18.3 Å². The van der Waals surface area contributed by atoms with E-state index in [0.29, 0.717) is 13.0 Å². The van der Waals surface area contributed by atoms with Crippen LogP contribution in [0.25, 0.3) is 0 Å². The number of nitrogens with zero attached hydrogens (tertiary/aromatic N) is 1. The van der Waals surface area contributed by atoms with Crippen LogP contribution in [0.1, 0.15) is 32.1 Å². The first-order valence-electron chi connectivity index (χ1n) is 5.55. The summed E-state index contributed by atoms with van der Waals surface area (Å²) < 4.78 is 0. The van der Waals surface area contributed by atoms with Crippen molar-refractivity contribution in [3.05, 3.63) is 0 Å². The van der Waals surface area contributed by atoms with Crippen molar-refractivity contribution >= 4 is 21.8 Å². The lowest BCUT2D eigenvalue weighted by Gasteiger charge is -2.19. The second-order valence-electron chi connectivity index (χ2n) is 4.07. The molecule has 0 aromatic heterocycles. The fourth-order valence-electron chi connectivity index (χ4n) is 1.51. The molecule has 84 valence electrons. The van der Waals surface area contributed by atoms with Crippen molar-refractivity contribution in [3.63, 3.8) is 0 Å². The molecule has 1 aliphatic carbocycles. The average molecular weight is 272 g/mol. The maximum absolute atomic E-state index is 11.8. The van der Waals surface area contributed by atoms with Crippen LogP contribution < -0.4 is 0 Å². The van der Waals surface area contributed by atoms with Gasteiger partial charge < -0.3 is 4.90 Å². The molecule has 1 aliphatic rings. The number of alkyl halides is 1. The molecular formula is C12H18BrNO. The number of hydrogen-bond donors (Lipinski definition) is 0. The molecule has 0 N–H and O–H groups in total. The molecule has 1 rings (SSSR count). The highest BCUT2D eigenvalue weighted by molar-refractivity contribution is 9.09. The number of halogens is 1. The predicted octanol–water partition coefficient (Wildman–Crippen LogP) is 2.42. The minimum Gasteiger partial charge on any atom is -0.331 e. The van der Waals surface area contributed by atoms with Crippen LogP contribution in [-0.2, 0) is 4.79 Å². The Balaban J connectivity index is 2.26. The Bertz CT molecular complexity index is 242. The third-order valence-corrected chi connectivity index (χ3v) is 3.15. The first-order valence-corrected chi connectivity index (χ1v) is 6.67. The van der Waals surface area contributed by atoms with Gasteiger partial charge in [0.2, 0.25) is 5.91 Å². The molecule has 0 aromatic carbocycles. The number of amides is 1. The quantitative estimate of drug-likeness (QED) is 0.396. The summed E-state index contributed by atoms with van der Waals surface area (Å²) >= 11 is 3.36. The number of carbonyl (C=O) groups excluding carboxylic acids is 1. The van der Waals surface area contributed by atoms with Gasteiger partial charge in [-0.25, -0.2) is 0 Å². The van der Waals surface area contributed by atoms with E-state index in [1.165, 1.54) is 12.8 Å². The van der Waals surface area contributed by atoms with Crippen LogP contribution in [0.4, 0.5) is 0 Å². The van der Waals surface area contributed by atoms with Gasteiger partial charge in [0.05, 0.1) is 6.54 Å². The SMILES string of the molecule is C#CCN(CC1CC1)C(=O)CCCCBr. The summed E-state index contributed by atoms with van der Waals surface area (Å²) in [6.45, 7) is 1.35. The third kappa shape index (κ3) is 5.22. The second kappa shape index (κ2) is 6.90. The molecular weight excluding hydrogens is 254 g/mol. The van der Waals surface area contributed by atoms with Crippen LogP contribution in [0.5, 0.6) is 0 Å². The molecule has 0 atom stereocenters. The Morgan fingerprint density at radius 1 is 1.47 bits per heavy atom. The van der Waals surface area contributed by atoms with Crippen LogP contribution >= 0.6 is 15.9 Å². The van der Waals surface area contributed by atoms with E-state index in [9.17, 15) is 4.79 Å². The molecule has 3 heteroatoms. The highest BCUT2D eigenvalue weighted by atomic mass is 79.9. The summed E-state index contributed by atoms with van der Waals surface area (Å²) in [6, 6.07) is 0. The summed E-state index contributed by atoms with van der Waals surface area (Å²) in [5, 5.41) is 0.970. The number of terminal acetylenes is 1. The van der Waals surface area contributed by atoms with Gasteiger partial charge in [-0.05, 0) is 31.6 Å². The Hall–Kier alpha value is -0.490. The van der Waals surface area contributed by atoms with Crippen molar-refractivity contribution < 1.29 is 4.79 Å². The van der Waals surface area contributed by atoms with Gasteiger partial charge >= 0.3 is 0 Å². The highest BCUT2D eigenvalue weighted by Gasteiger charge is 2.25. The minimum absolute atomic E-state index is 0.223. The molecule has 15 heavy (non-hydrogen) atoms. The molecule has 0 bridgehead atoms. The normalized spacial score (nSPS) is 14.7. The Morgan fingerprint density at radius 3 is 2.73 bits per heavy atom. The van der Waals surface area contributed by atoms with Crippen molar-refractivity contribution in [2.75, 3.05) is 18.4 Å². The lowest BCUT2D eigenvalue weighted by Crippen LogP contribution is -2.33. The molecule has 0 radical (unpaired) electrons. The number of unbranched alkanes of at least 4 members (excludes halogenated alkanes) is 1. The molecule has 0 spiro atoms. The molecule has 0 aliphatic heterocycles. The molecule has 1 saturated carbocycles. The Labute approximate surface area is 101 Å². The Morgan fingerprint density at radius 2 is 2.20 bits per heavy atom. The summed E-state index contributed by atoms with van der Waals surface area (Å²) in [5.41, 5.74) is 0. The number of rotatable bonds is 7. The second-order valence-corrected chi connectivity index (χ2v) is 4.86. The van der Waals surface area contributed by atoms with Crippen molar-refractivity contribution in [1.82, 2.24) is 4.90 Å². The maximum Gasteiger partial charge on any atom is 0.223 e. The van der Waals surface area contributed by atoms with Crippen molar-refractivity contribution in [3.8, 4) is 12.3 Å². The summed E-state index contributed by atoms with van der Waals surface area (Å²) in [5.74, 6) is 3.51. The van der Waals surface area contributed by atoms with Gasteiger partial charge in [0, 0.05) is 18.3 Å². The minimum atomic E-state index is 0.223. The zero-order chi connectivity index (χ0) is 11.1. The van der Waals surface area contributed by atoms with Crippen molar-refractivity contribution in [2.45, 2.75) is 32.1 Å². The molecule has 0 unspecified atom stereocenters. The van der Waals surface area contributed by atoms with Gasteiger partial charge in [0.25, 0.3) is 0 Å². The first kappa shape index (κ1) is 12.6. The predicted molar refractivity (Wildman–Crippen MR) is 65.8 cm³/mol. The maximum atomic E-state index is 11.8. The van der Waals surface area contributed by atoms with E-state index in [-0.39, 0.29) is 5.91 Å². The Kier molecular flexibility index (Phi) is 5.78. The third-order valence-electron chi connectivity index (χ3n) is 2.58. The number of carbonyl (C=O) groups is 1. The lowest BCUT2D eigenvalue weighted by molar-refractivity contribution is -0.130. The van der Waals surface area contributed by atoms with E-state index in [4.69, 9.17) is 6.42 Å². The summed E-state index contributed by atoms with van der Waals surface area (Å²) in [7, 11) is 0. The van der Waals surface area contributed by atoms with E-state index in [1.807, 2.05) is 4.90 Å². The van der Waals surface area contributed by atoms with E-state index in [2.05, 4.69) is 21.9 Å². The topological polar surface area (TPSA) is 20.3 Å². The molecule has 0 aromatic rings. The first-order chi connectivity index (χ1) is 7.27. The van der Waals surface area contributed by atoms with Crippen LogP contribution in [-0.4, -0.2) is 29.2 Å². The summed E-state index contributed by atoms with van der Waals surface area (Å²) in [6.07, 6.45) is 10.4. The zero-order valence-electron chi connectivity index (χ0n) is 9.04. The van der Waals surface area contributed by atoms with E-state index < -0.39 is 0 Å². The lowest BCUT2D eigenvalue weighted by atomic mass is 10.2. The van der Waals surface area contributed by atoms with Gasteiger partial charge in [-0.15, -0.1) is 6.42 Å². The largest absolute Gasteiger partial charge is 0.331 e. The molecule has 1 fully saturated rings. The molecule has 0 heterocycles. The summed E-state index contributed by atoms with van der Waals surface area (Å²) in [4.78, 5) is 13.6. The van der Waals surface area contributed by atoms with Gasteiger partial charge in [-0.1, -0.05) is 21.9 Å². The molecule has 1 amide bonds. The van der Waals surface area contributed by atoms with Gasteiger partial charge in [0.15, 0.2) is 0 Å². The van der Waals surface area contributed by atoms with E-state index in [1.54, 1.807) is 0 Å². The van der Waals surface area contributed by atoms with Gasteiger partial charge in [-0.2, -0.15) is 0 Å². The number of hydrogen-bond acceptors (Lipinski definition) is 1. The van der Waals surface area contributed by atoms with Gasteiger partial charge in [-0.3, -0.25) is 4.79 Å². The standard InChI is InChI=1S/C12H18BrNO/c1-2-9-14(10-11-6-7-11)12(15)5-3-4-8-13/h1,11H,3-10H2. The fraction of sp³-hybridized carbons (Fsp3) is 0.750. The zero-order valence-corrected chi connectivity index (χ0v) is 10.6. The molecule has 2 nitrogen and oxygen atoms in total. The van der Waals surface area contributed by atoms with Crippen LogP contribution in [0.15, 0.2) is 0 Å². The fourth-order valence-corrected chi connectivity index (χ4v) is 1.90.